The van der Waals surface area contributed by atoms with Gasteiger partial charge in [-0.15, -0.1) is 24.0 Å². The van der Waals surface area contributed by atoms with Crippen molar-refractivity contribution in [1.29, 1.82) is 0 Å². The van der Waals surface area contributed by atoms with Gasteiger partial charge in [0.25, 0.3) is 0 Å². The van der Waals surface area contributed by atoms with Crippen LogP contribution >= 0.6 is 24.0 Å². The lowest BCUT2D eigenvalue weighted by Crippen LogP contribution is -2.38. The number of hydrogen-bond donors (Lipinski definition) is 3. The first-order valence-corrected chi connectivity index (χ1v) is 10.1. The molecular formula is C23H30IN5O2. The van der Waals surface area contributed by atoms with Crippen LogP contribution in [0.2, 0.25) is 0 Å². The maximum atomic E-state index is 10.2. The van der Waals surface area contributed by atoms with Gasteiger partial charge < -0.3 is 20.5 Å². The van der Waals surface area contributed by atoms with Gasteiger partial charge in [0, 0.05) is 25.5 Å². The van der Waals surface area contributed by atoms with E-state index in [1.807, 2.05) is 48.1 Å². The molecule has 1 atom stereocenters. The highest BCUT2D eigenvalue weighted by molar-refractivity contribution is 14.0. The fourth-order valence-corrected chi connectivity index (χ4v) is 3.19. The number of rotatable bonds is 8. The second-order valence-corrected chi connectivity index (χ2v) is 6.89. The molecule has 1 aromatic heterocycles. The number of benzene rings is 2. The summed E-state index contributed by atoms with van der Waals surface area (Å²) in [5, 5.41) is 21.3. The molecule has 0 aliphatic carbocycles. The second-order valence-electron chi connectivity index (χ2n) is 6.89. The van der Waals surface area contributed by atoms with Crippen LogP contribution in [0.3, 0.4) is 0 Å². The third-order valence-corrected chi connectivity index (χ3v) is 4.79. The van der Waals surface area contributed by atoms with Gasteiger partial charge in [-0.3, -0.25) is 4.99 Å². The van der Waals surface area contributed by atoms with E-state index in [2.05, 4.69) is 39.8 Å². The number of halogens is 1. The summed E-state index contributed by atoms with van der Waals surface area (Å²) in [5.74, 6) is 1.39. The Kier molecular flexibility index (Phi) is 9.64. The molecule has 0 saturated heterocycles. The highest BCUT2D eigenvalue weighted by atomic mass is 127. The summed E-state index contributed by atoms with van der Waals surface area (Å²) in [5.41, 5.74) is 2.97. The number of para-hydroxylation sites is 1. The van der Waals surface area contributed by atoms with E-state index >= 15 is 0 Å². The predicted octanol–water partition coefficient (Wildman–Crippen LogP) is 4.06. The van der Waals surface area contributed by atoms with Gasteiger partial charge in [-0.1, -0.05) is 24.3 Å². The van der Waals surface area contributed by atoms with Crippen molar-refractivity contribution >= 4 is 29.9 Å². The van der Waals surface area contributed by atoms with E-state index in [-0.39, 0.29) is 35.8 Å². The normalized spacial score (nSPS) is 12.0. The Balaban J connectivity index is 0.00000341. The highest BCUT2D eigenvalue weighted by Crippen LogP contribution is 2.29. The Morgan fingerprint density at radius 1 is 1.23 bits per heavy atom. The molecule has 0 aliphatic heterocycles. The zero-order valence-electron chi connectivity index (χ0n) is 18.1. The van der Waals surface area contributed by atoms with Crippen molar-refractivity contribution in [2.75, 3.05) is 20.2 Å². The molecule has 1 unspecified atom stereocenters. The number of ether oxygens (including phenoxy) is 1. The standard InChI is InChI=1S/C23H29N5O2.HI/c1-4-24-23(25-14-12-18-8-6-11-21(30-3)22(18)29)27-17(2)19-9-5-10-20(16-19)28-15-7-13-26-28;/h5-11,13,15-17,29H,4,12,14H2,1-3H3,(H2,24,25,27);1H. The molecule has 0 fully saturated rings. The van der Waals surface area contributed by atoms with E-state index in [9.17, 15) is 5.11 Å². The molecule has 0 spiro atoms. The van der Waals surface area contributed by atoms with Crippen LogP contribution < -0.4 is 15.4 Å². The van der Waals surface area contributed by atoms with Crippen LogP contribution in [-0.2, 0) is 6.42 Å². The van der Waals surface area contributed by atoms with Crippen molar-refractivity contribution < 1.29 is 9.84 Å². The van der Waals surface area contributed by atoms with Gasteiger partial charge in [-0.05, 0) is 55.7 Å². The van der Waals surface area contributed by atoms with Crippen LogP contribution in [-0.4, -0.2) is 41.0 Å². The number of methoxy groups -OCH3 is 1. The van der Waals surface area contributed by atoms with Gasteiger partial charge in [0.15, 0.2) is 17.5 Å². The number of phenolic OH excluding ortho intramolecular Hbond substituents is 1. The van der Waals surface area contributed by atoms with E-state index in [0.717, 1.165) is 29.3 Å². The van der Waals surface area contributed by atoms with Crippen molar-refractivity contribution in [3.8, 4) is 17.2 Å². The van der Waals surface area contributed by atoms with Gasteiger partial charge in [-0.25, -0.2) is 4.68 Å². The summed E-state index contributed by atoms with van der Waals surface area (Å²) >= 11 is 0. The number of phenols is 1. The molecule has 1 heterocycles. The first kappa shape index (κ1) is 24.5. The molecule has 0 saturated carbocycles. The molecule has 3 N–H and O–H groups in total. The quantitative estimate of drug-likeness (QED) is 0.230. The average molecular weight is 535 g/mol. The zero-order chi connectivity index (χ0) is 21.3. The van der Waals surface area contributed by atoms with Gasteiger partial charge in [0.05, 0.1) is 18.8 Å². The number of nitrogens with zero attached hydrogens (tertiary/aromatic N) is 3. The number of aliphatic imine (C=N–C) groups is 1. The van der Waals surface area contributed by atoms with E-state index in [0.29, 0.717) is 18.7 Å². The maximum Gasteiger partial charge on any atom is 0.191 e. The number of aromatic nitrogens is 2. The van der Waals surface area contributed by atoms with Crippen LogP contribution in [0.15, 0.2) is 65.9 Å². The fraction of sp³-hybridized carbons (Fsp3) is 0.304. The van der Waals surface area contributed by atoms with E-state index in [1.165, 1.54) is 0 Å². The lowest BCUT2D eigenvalue weighted by Gasteiger charge is -2.19. The molecule has 0 radical (unpaired) electrons. The molecule has 31 heavy (non-hydrogen) atoms. The summed E-state index contributed by atoms with van der Waals surface area (Å²) in [6.07, 6.45) is 4.31. The van der Waals surface area contributed by atoms with Gasteiger partial charge in [0.1, 0.15) is 0 Å². The van der Waals surface area contributed by atoms with Crippen molar-refractivity contribution in [2.24, 2.45) is 4.99 Å². The molecule has 0 amide bonds. The van der Waals surface area contributed by atoms with Crippen LogP contribution in [0.1, 0.15) is 31.0 Å². The lowest BCUT2D eigenvalue weighted by atomic mass is 10.1. The van der Waals surface area contributed by atoms with Crippen LogP contribution in [0.5, 0.6) is 11.5 Å². The summed E-state index contributed by atoms with van der Waals surface area (Å²) in [6.45, 7) is 5.43. The van der Waals surface area contributed by atoms with E-state index in [4.69, 9.17) is 4.74 Å². The molecule has 0 bridgehead atoms. The molecule has 7 nitrogen and oxygen atoms in total. The van der Waals surface area contributed by atoms with Crippen LogP contribution in [0.25, 0.3) is 5.69 Å². The van der Waals surface area contributed by atoms with E-state index in [1.54, 1.807) is 19.4 Å². The van der Waals surface area contributed by atoms with Crippen molar-refractivity contribution in [3.05, 3.63) is 72.1 Å². The first-order chi connectivity index (χ1) is 14.6. The maximum absolute atomic E-state index is 10.2. The second kappa shape index (κ2) is 12.2. The van der Waals surface area contributed by atoms with Gasteiger partial charge in [0.2, 0.25) is 0 Å². The van der Waals surface area contributed by atoms with Crippen molar-refractivity contribution in [1.82, 2.24) is 20.4 Å². The molecule has 3 rings (SSSR count). The fourth-order valence-electron chi connectivity index (χ4n) is 3.19. The Labute approximate surface area is 200 Å². The summed E-state index contributed by atoms with van der Waals surface area (Å²) in [6, 6.07) is 15.7. The van der Waals surface area contributed by atoms with Crippen molar-refractivity contribution in [3.63, 3.8) is 0 Å². The Morgan fingerprint density at radius 2 is 2.03 bits per heavy atom. The third kappa shape index (κ3) is 6.61. The largest absolute Gasteiger partial charge is 0.504 e. The molecule has 8 heteroatoms. The zero-order valence-corrected chi connectivity index (χ0v) is 20.4. The SMILES string of the molecule is CCNC(=NCCc1cccc(OC)c1O)NC(C)c1cccc(-n2cccn2)c1.I. The van der Waals surface area contributed by atoms with Crippen LogP contribution in [0, 0.1) is 0 Å². The average Bonchev–Trinajstić information content (AvgIpc) is 3.30. The summed E-state index contributed by atoms with van der Waals surface area (Å²) in [4.78, 5) is 4.67. The highest BCUT2D eigenvalue weighted by Gasteiger charge is 2.10. The smallest absolute Gasteiger partial charge is 0.191 e. The van der Waals surface area contributed by atoms with Gasteiger partial charge in [-0.2, -0.15) is 5.10 Å². The topological polar surface area (TPSA) is 83.7 Å². The molecule has 3 aromatic rings. The molecule has 2 aromatic carbocycles. The lowest BCUT2D eigenvalue weighted by molar-refractivity contribution is 0.370. The third-order valence-electron chi connectivity index (χ3n) is 4.79. The molecule has 166 valence electrons. The molecule has 0 aliphatic rings. The van der Waals surface area contributed by atoms with Gasteiger partial charge >= 0.3 is 0 Å². The first-order valence-electron chi connectivity index (χ1n) is 10.1. The van der Waals surface area contributed by atoms with Crippen LogP contribution in [0.4, 0.5) is 0 Å². The summed E-state index contributed by atoms with van der Waals surface area (Å²) in [7, 11) is 1.55. The Bertz CT molecular complexity index is 976. The minimum Gasteiger partial charge on any atom is -0.504 e. The Hall–Kier alpha value is -2.75. The van der Waals surface area contributed by atoms with E-state index < -0.39 is 0 Å². The van der Waals surface area contributed by atoms with Crippen molar-refractivity contribution in [2.45, 2.75) is 26.3 Å². The number of hydrogen-bond acceptors (Lipinski definition) is 4. The number of guanidine groups is 1. The summed E-state index contributed by atoms with van der Waals surface area (Å²) < 4.78 is 7.02. The monoisotopic (exact) mass is 535 g/mol. The minimum atomic E-state index is 0. The molecular weight excluding hydrogens is 505 g/mol. The Morgan fingerprint density at radius 3 is 2.74 bits per heavy atom. The number of aromatic hydroxyl groups is 1. The predicted molar refractivity (Wildman–Crippen MR) is 135 cm³/mol. The minimum absolute atomic E-state index is 0. The number of nitrogens with one attached hydrogen (secondary N) is 2.